The zero-order valence-electron chi connectivity index (χ0n) is 18.3. The Hall–Kier alpha value is -3.16. The number of carbonyl (C=O) groups is 4. The van der Waals surface area contributed by atoms with Gasteiger partial charge in [0.2, 0.25) is 0 Å². The standard InChI is InChI=1S/C23H30O8/c1-17(14-19(25)16-24)23(27)31-13-7-5-4-6-12-30-22(26)11-9-18-8-10-20(28-2)21(15-18)29-3/h8-11,15-17H,4-7,12-14H2,1-3H3. The maximum Gasteiger partial charge on any atom is 0.330 e. The number of benzene rings is 1. The van der Waals surface area contributed by atoms with E-state index < -0.39 is 23.6 Å². The van der Waals surface area contributed by atoms with Crippen molar-refractivity contribution >= 4 is 30.1 Å². The van der Waals surface area contributed by atoms with Crippen molar-refractivity contribution in [2.45, 2.75) is 39.0 Å². The van der Waals surface area contributed by atoms with Crippen LogP contribution in [0.4, 0.5) is 0 Å². The van der Waals surface area contributed by atoms with E-state index in [9.17, 15) is 19.2 Å². The highest BCUT2D eigenvalue weighted by Crippen LogP contribution is 2.27. The average molecular weight is 434 g/mol. The summed E-state index contributed by atoms with van der Waals surface area (Å²) in [6.45, 7) is 2.11. The van der Waals surface area contributed by atoms with E-state index in [2.05, 4.69) is 0 Å². The number of aldehydes is 1. The summed E-state index contributed by atoms with van der Waals surface area (Å²) in [5.74, 6) is -0.957. The highest BCUT2D eigenvalue weighted by Gasteiger charge is 2.17. The van der Waals surface area contributed by atoms with E-state index in [1.807, 2.05) is 0 Å². The molecule has 1 aromatic carbocycles. The van der Waals surface area contributed by atoms with E-state index >= 15 is 0 Å². The van der Waals surface area contributed by atoms with E-state index in [0.29, 0.717) is 30.9 Å². The number of ether oxygens (including phenoxy) is 4. The lowest BCUT2D eigenvalue weighted by Gasteiger charge is -2.09. The minimum absolute atomic E-state index is 0.131. The zero-order valence-corrected chi connectivity index (χ0v) is 18.3. The number of carbonyl (C=O) groups excluding carboxylic acids is 4. The Labute approximate surface area is 182 Å². The topological polar surface area (TPSA) is 105 Å². The first kappa shape index (κ1) is 25.9. The first-order valence-electron chi connectivity index (χ1n) is 10.1. The van der Waals surface area contributed by atoms with Crippen LogP contribution in [-0.2, 0) is 28.7 Å². The number of unbranched alkanes of at least 4 members (excludes halogenated alkanes) is 3. The molecule has 0 fully saturated rings. The predicted octanol–water partition coefficient (Wildman–Crippen LogP) is 3.16. The number of esters is 2. The maximum atomic E-state index is 11.8. The third-order valence-electron chi connectivity index (χ3n) is 4.39. The molecule has 0 amide bonds. The summed E-state index contributed by atoms with van der Waals surface area (Å²) in [6, 6.07) is 5.32. The fourth-order valence-electron chi connectivity index (χ4n) is 2.65. The van der Waals surface area contributed by atoms with Crippen molar-refractivity contribution in [1.29, 1.82) is 0 Å². The normalized spacial score (nSPS) is 11.6. The van der Waals surface area contributed by atoms with Crippen LogP contribution in [0.25, 0.3) is 6.08 Å². The second-order valence-corrected chi connectivity index (χ2v) is 6.89. The monoisotopic (exact) mass is 434 g/mol. The number of hydrogen-bond donors (Lipinski definition) is 0. The molecule has 8 nitrogen and oxygen atoms in total. The van der Waals surface area contributed by atoms with Crippen molar-refractivity contribution in [3.63, 3.8) is 0 Å². The molecule has 0 aliphatic carbocycles. The summed E-state index contributed by atoms with van der Waals surface area (Å²) < 4.78 is 20.6. The van der Waals surface area contributed by atoms with Crippen LogP contribution < -0.4 is 9.47 Å². The van der Waals surface area contributed by atoms with E-state index in [4.69, 9.17) is 18.9 Å². The van der Waals surface area contributed by atoms with Crippen LogP contribution in [0, 0.1) is 5.92 Å². The second kappa shape index (κ2) is 14.8. The van der Waals surface area contributed by atoms with Crippen LogP contribution in [0.3, 0.4) is 0 Å². The Morgan fingerprint density at radius 2 is 1.58 bits per heavy atom. The molecule has 0 aromatic heterocycles. The largest absolute Gasteiger partial charge is 0.493 e. The molecule has 31 heavy (non-hydrogen) atoms. The highest BCUT2D eigenvalue weighted by atomic mass is 16.5. The van der Waals surface area contributed by atoms with Crippen molar-refractivity contribution in [3.05, 3.63) is 29.8 Å². The van der Waals surface area contributed by atoms with Gasteiger partial charge in [-0.3, -0.25) is 14.4 Å². The second-order valence-electron chi connectivity index (χ2n) is 6.89. The van der Waals surface area contributed by atoms with E-state index in [0.717, 1.165) is 18.4 Å². The summed E-state index contributed by atoms with van der Waals surface area (Å²) in [6.07, 6.45) is 6.09. The highest BCUT2D eigenvalue weighted by molar-refractivity contribution is 6.25. The molecule has 8 heteroatoms. The van der Waals surface area contributed by atoms with Gasteiger partial charge in [0.25, 0.3) is 0 Å². The summed E-state index contributed by atoms with van der Waals surface area (Å²) in [5.41, 5.74) is 0.786. The van der Waals surface area contributed by atoms with Gasteiger partial charge in [-0.15, -0.1) is 0 Å². The minimum atomic E-state index is -0.621. The lowest BCUT2D eigenvalue weighted by Crippen LogP contribution is -2.19. The third kappa shape index (κ3) is 10.4. The lowest BCUT2D eigenvalue weighted by molar-refractivity contribution is -0.149. The Morgan fingerprint density at radius 3 is 2.19 bits per heavy atom. The van der Waals surface area contributed by atoms with E-state index in [1.54, 1.807) is 45.4 Å². The number of methoxy groups -OCH3 is 2. The van der Waals surface area contributed by atoms with Crippen LogP contribution in [0.5, 0.6) is 11.5 Å². The molecule has 0 radical (unpaired) electrons. The van der Waals surface area contributed by atoms with E-state index in [-0.39, 0.29) is 19.3 Å². The molecule has 1 atom stereocenters. The summed E-state index contributed by atoms with van der Waals surface area (Å²) >= 11 is 0. The Kier molecular flexibility index (Phi) is 12.3. The van der Waals surface area contributed by atoms with Gasteiger partial charge in [0.05, 0.1) is 33.4 Å². The Bertz CT molecular complexity index is 769. The number of Topliss-reactive ketones (excluding diaryl/α,β-unsaturated/α-hetero) is 1. The summed E-state index contributed by atoms with van der Waals surface area (Å²) in [7, 11) is 3.10. The molecule has 170 valence electrons. The quantitative estimate of drug-likeness (QED) is 0.136. The van der Waals surface area contributed by atoms with Crippen LogP contribution in [0.2, 0.25) is 0 Å². The number of hydrogen-bond acceptors (Lipinski definition) is 8. The number of ketones is 1. The average Bonchev–Trinajstić information content (AvgIpc) is 2.78. The van der Waals surface area contributed by atoms with E-state index in [1.165, 1.54) is 6.08 Å². The molecular formula is C23H30O8. The van der Waals surface area contributed by atoms with Crippen LogP contribution in [-0.4, -0.2) is 51.4 Å². The first-order chi connectivity index (χ1) is 14.9. The van der Waals surface area contributed by atoms with Gasteiger partial charge in [-0.25, -0.2) is 4.79 Å². The van der Waals surface area contributed by atoms with Gasteiger partial charge < -0.3 is 18.9 Å². The van der Waals surface area contributed by atoms with Gasteiger partial charge in [0, 0.05) is 12.5 Å². The molecule has 0 saturated heterocycles. The summed E-state index contributed by atoms with van der Waals surface area (Å²) in [5, 5.41) is 0. The van der Waals surface area contributed by atoms with Crippen molar-refractivity contribution in [1.82, 2.24) is 0 Å². The van der Waals surface area contributed by atoms with Gasteiger partial charge in [0.15, 0.2) is 23.6 Å². The lowest BCUT2D eigenvalue weighted by atomic mass is 10.1. The fourth-order valence-corrected chi connectivity index (χ4v) is 2.65. The van der Waals surface area contributed by atoms with Gasteiger partial charge >= 0.3 is 11.9 Å². The summed E-state index contributed by atoms with van der Waals surface area (Å²) in [4.78, 5) is 44.7. The Balaban J connectivity index is 2.15. The molecule has 0 spiro atoms. The van der Waals surface area contributed by atoms with Crippen LogP contribution >= 0.6 is 0 Å². The predicted molar refractivity (Wildman–Crippen MR) is 114 cm³/mol. The van der Waals surface area contributed by atoms with Gasteiger partial charge in [-0.1, -0.05) is 13.0 Å². The fraction of sp³-hybridized carbons (Fsp3) is 0.478. The van der Waals surface area contributed by atoms with Gasteiger partial charge in [-0.2, -0.15) is 0 Å². The maximum absolute atomic E-state index is 11.8. The van der Waals surface area contributed by atoms with Crippen molar-refractivity contribution in [2.75, 3.05) is 27.4 Å². The van der Waals surface area contributed by atoms with Crippen molar-refractivity contribution in [3.8, 4) is 11.5 Å². The van der Waals surface area contributed by atoms with Crippen LogP contribution in [0.15, 0.2) is 24.3 Å². The molecule has 0 saturated carbocycles. The molecule has 0 heterocycles. The minimum Gasteiger partial charge on any atom is -0.493 e. The Morgan fingerprint density at radius 1 is 0.935 bits per heavy atom. The van der Waals surface area contributed by atoms with Gasteiger partial charge in [0.1, 0.15) is 0 Å². The van der Waals surface area contributed by atoms with Crippen molar-refractivity contribution < 1.29 is 38.1 Å². The SMILES string of the molecule is COc1ccc(C=CC(=O)OCCCCCCOC(=O)C(C)CC(=O)C=O)cc1OC. The molecule has 0 aliphatic heterocycles. The molecule has 0 bridgehead atoms. The van der Waals surface area contributed by atoms with Crippen LogP contribution in [0.1, 0.15) is 44.6 Å². The molecule has 1 unspecified atom stereocenters. The molecule has 0 aliphatic rings. The first-order valence-corrected chi connectivity index (χ1v) is 10.1. The molecule has 1 rings (SSSR count). The molecular weight excluding hydrogens is 404 g/mol. The molecule has 1 aromatic rings. The van der Waals surface area contributed by atoms with Crippen molar-refractivity contribution in [2.24, 2.45) is 5.92 Å². The van der Waals surface area contributed by atoms with Gasteiger partial charge in [-0.05, 0) is 49.5 Å². The molecule has 0 N–H and O–H groups in total. The zero-order chi connectivity index (χ0) is 23.1. The smallest absolute Gasteiger partial charge is 0.330 e. The number of rotatable bonds is 15. The third-order valence-corrected chi connectivity index (χ3v) is 4.39.